The number of unbranched alkanes of at least 4 members (excludes halogenated alkanes) is 6. The van der Waals surface area contributed by atoms with Gasteiger partial charge in [-0.25, -0.2) is 4.79 Å². The first-order valence-corrected chi connectivity index (χ1v) is 13.6. The van der Waals surface area contributed by atoms with E-state index in [0.717, 1.165) is 24.2 Å². The number of hydrogen-bond acceptors (Lipinski definition) is 4. The topological polar surface area (TPSA) is 52.6 Å². The molecule has 0 aliphatic carbocycles. The van der Waals surface area contributed by atoms with Crippen molar-refractivity contribution in [2.45, 2.75) is 110 Å². The van der Waals surface area contributed by atoms with Crippen LogP contribution in [0.3, 0.4) is 0 Å². The van der Waals surface area contributed by atoms with Crippen LogP contribution < -0.4 is 0 Å². The van der Waals surface area contributed by atoms with Gasteiger partial charge in [0.1, 0.15) is 0 Å². The molecule has 0 amide bonds. The smallest absolute Gasteiger partial charge is 0.330 e. The van der Waals surface area contributed by atoms with Crippen LogP contribution in [-0.2, 0) is 18.8 Å². The Bertz CT molecular complexity index is 383. The second kappa shape index (κ2) is 17.0. The first kappa shape index (κ1) is 25.9. The highest BCUT2D eigenvalue weighted by Gasteiger charge is 2.36. The predicted molar refractivity (Wildman–Crippen MR) is 115 cm³/mol. The summed E-state index contributed by atoms with van der Waals surface area (Å²) in [6, 6.07) is 3.31. The van der Waals surface area contributed by atoms with Crippen LogP contribution in [0.1, 0.15) is 91.4 Å². The average Bonchev–Trinajstić information content (AvgIpc) is 2.65. The maximum Gasteiger partial charge on any atom is 0.330 e. The lowest BCUT2D eigenvalue weighted by Gasteiger charge is -2.31. The zero-order chi connectivity index (χ0) is 20.4. The summed E-state index contributed by atoms with van der Waals surface area (Å²) in [6.07, 6.45) is 12.7. The van der Waals surface area contributed by atoms with E-state index in [2.05, 4.69) is 27.4 Å². The molecular weight excluding hydrogens is 356 g/mol. The molecule has 0 heterocycles. The van der Waals surface area contributed by atoms with Crippen molar-refractivity contribution < 1.29 is 18.8 Å². The Morgan fingerprint density at radius 2 is 1.30 bits per heavy atom. The Morgan fingerprint density at radius 1 is 0.815 bits per heavy atom. The van der Waals surface area contributed by atoms with Gasteiger partial charge in [0.2, 0.25) is 0 Å². The molecule has 0 N–H and O–H groups in total. The van der Waals surface area contributed by atoms with Crippen LogP contribution in [0.4, 0.5) is 0 Å². The fourth-order valence-electron chi connectivity index (χ4n) is 3.36. The highest BCUT2D eigenvalue weighted by atomic mass is 28.4. The van der Waals surface area contributed by atoms with Crippen molar-refractivity contribution in [3.05, 3.63) is 12.7 Å². The molecule has 5 heteroatoms. The Morgan fingerprint density at radius 3 is 1.70 bits per heavy atom. The van der Waals surface area contributed by atoms with Gasteiger partial charge in [0.25, 0.3) is 14.3 Å². The summed E-state index contributed by atoms with van der Waals surface area (Å²) in [6.45, 7) is 10.3. The fraction of sp³-hybridized carbons (Fsp3) is 0.818. The molecule has 0 saturated heterocycles. The third-order valence-corrected chi connectivity index (χ3v) is 9.43. The molecule has 0 rings (SSSR count). The zero-order valence-electron chi connectivity index (χ0n) is 18.0. The highest BCUT2D eigenvalue weighted by Crippen LogP contribution is 2.31. The van der Waals surface area contributed by atoms with Crippen molar-refractivity contribution in [1.29, 1.82) is 0 Å². The van der Waals surface area contributed by atoms with E-state index in [9.17, 15) is 9.59 Å². The molecule has 0 spiro atoms. The Balaban J connectivity index is 4.77. The minimum absolute atomic E-state index is 0.0965. The van der Waals surface area contributed by atoms with Crippen molar-refractivity contribution in [2.24, 2.45) is 0 Å². The molecule has 0 saturated carbocycles. The maximum absolute atomic E-state index is 12.5. The molecule has 4 nitrogen and oxygen atoms in total. The molecule has 0 aliphatic heterocycles. The Hall–Kier alpha value is -1.10. The summed E-state index contributed by atoms with van der Waals surface area (Å²) in [7, 11) is -2.03. The van der Waals surface area contributed by atoms with E-state index >= 15 is 0 Å². The first-order valence-electron chi connectivity index (χ1n) is 11.0. The molecule has 0 aromatic carbocycles. The Kier molecular flexibility index (Phi) is 16.3. The molecule has 27 heavy (non-hydrogen) atoms. The standard InChI is InChI=1S/C22H42O4Si/c1-5-9-12-18-27(19-13-10-6-2,20-14-11-7-3)26-22(24)16-15-17-25-21(23)8-4/h8H,4-7,9-20H2,1-3H3. The lowest BCUT2D eigenvalue weighted by atomic mass is 10.3. The largest absolute Gasteiger partial charge is 0.519 e. The molecule has 0 unspecified atom stereocenters. The molecule has 158 valence electrons. The second-order valence-electron chi connectivity index (χ2n) is 7.50. The lowest BCUT2D eigenvalue weighted by molar-refractivity contribution is -0.140. The summed E-state index contributed by atoms with van der Waals surface area (Å²) in [5, 5.41) is 0. The highest BCUT2D eigenvalue weighted by molar-refractivity contribution is 6.75. The van der Waals surface area contributed by atoms with E-state index in [1.54, 1.807) is 0 Å². The van der Waals surface area contributed by atoms with Gasteiger partial charge in [-0.2, -0.15) is 0 Å². The second-order valence-corrected chi connectivity index (χ2v) is 11.6. The van der Waals surface area contributed by atoms with E-state index in [4.69, 9.17) is 9.16 Å². The van der Waals surface area contributed by atoms with E-state index in [-0.39, 0.29) is 12.6 Å². The van der Waals surface area contributed by atoms with Crippen molar-refractivity contribution in [2.75, 3.05) is 6.61 Å². The first-order chi connectivity index (χ1) is 13.0. The SMILES string of the molecule is C=CC(=O)OCCCC(=O)O[Si](CCCCC)(CCCCC)CCCCC. The lowest BCUT2D eigenvalue weighted by Crippen LogP contribution is -2.40. The van der Waals surface area contributed by atoms with Crippen LogP contribution in [0.25, 0.3) is 0 Å². The Labute approximate surface area is 168 Å². The molecule has 0 atom stereocenters. The van der Waals surface area contributed by atoms with Crippen molar-refractivity contribution in [3.8, 4) is 0 Å². The van der Waals surface area contributed by atoms with E-state index in [1.165, 1.54) is 57.8 Å². The maximum atomic E-state index is 12.5. The van der Waals surface area contributed by atoms with Crippen LogP contribution in [-0.4, -0.2) is 26.9 Å². The van der Waals surface area contributed by atoms with Gasteiger partial charge in [-0.3, -0.25) is 4.79 Å². The third kappa shape index (κ3) is 13.7. The van der Waals surface area contributed by atoms with Crippen LogP contribution in [0.15, 0.2) is 12.7 Å². The molecular formula is C22H42O4Si. The normalized spacial score (nSPS) is 11.2. The van der Waals surface area contributed by atoms with Gasteiger partial charge in [-0.15, -0.1) is 0 Å². The molecule has 0 bridgehead atoms. The zero-order valence-corrected chi connectivity index (χ0v) is 19.0. The number of carbonyl (C=O) groups excluding carboxylic acids is 2. The van der Waals surface area contributed by atoms with Gasteiger partial charge in [0.05, 0.1) is 6.61 Å². The quantitative estimate of drug-likeness (QED) is 0.114. The molecule has 0 fully saturated rings. The van der Waals surface area contributed by atoms with Gasteiger partial charge >= 0.3 is 5.97 Å². The number of esters is 1. The molecule has 0 radical (unpaired) electrons. The van der Waals surface area contributed by atoms with Gasteiger partial charge in [0.15, 0.2) is 0 Å². The van der Waals surface area contributed by atoms with Gasteiger partial charge in [0, 0.05) is 12.5 Å². The van der Waals surface area contributed by atoms with Crippen molar-refractivity contribution >= 4 is 20.3 Å². The van der Waals surface area contributed by atoms with Crippen molar-refractivity contribution in [3.63, 3.8) is 0 Å². The van der Waals surface area contributed by atoms with Gasteiger partial charge in [-0.1, -0.05) is 85.1 Å². The van der Waals surface area contributed by atoms with Crippen LogP contribution in [0.5, 0.6) is 0 Å². The summed E-state index contributed by atoms with van der Waals surface area (Å²) in [5.74, 6) is -0.536. The monoisotopic (exact) mass is 398 g/mol. The van der Waals surface area contributed by atoms with Crippen LogP contribution in [0, 0.1) is 0 Å². The van der Waals surface area contributed by atoms with Crippen LogP contribution >= 0.6 is 0 Å². The third-order valence-electron chi connectivity index (χ3n) is 4.97. The number of ether oxygens (including phenoxy) is 1. The molecule has 0 aromatic heterocycles. The fourth-order valence-corrected chi connectivity index (χ4v) is 7.68. The number of carbonyl (C=O) groups is 2. The predicted octanol–water partition coefficient (Wildman–Crippen LogP) is 6.56. The molecule has 0 aromatic rings. The minimum atomic E-state index is -2.03. The van der Waals surface area contributed by atoms with Crippen LogP contribution in [0.2, 0.25) is 18.1 Å². The minimum Gasteiger partial charge on any atom is -0.519 e. The summed E-state index contributed by atoms with van der Waals surface area (Å²) in [4.78, 5) is 23.6. The average molecular weight is 399 g/mol. The molecule has 0 aliphatic rings. The number of rotatable bonds is 18. The summed E-state index contributed by atoms with van der Waals surface area (Å²) < 4.78 is 11.2. The summed E-state index contributed by atoms with van der Waals surface area (Å²) in [5.41, 5.74) is 0. The number of hydrogen-bond donors (Lipinski definition) is 0. The van der Waals surface area contributed by atoms with Crippen molar-refractivity contribution in [1.82, 2.24) is 0 Å². The van der Waals surface area contributed by atoms with Gasteiger partial charge < -0.3 is 9.16 Å². The van der Waals surface area contributed by atoms with E-state index < -0.39 is 14.3 Å². The van der Waals surface area contributed by atoms with Gasteiger partial charge in [-0.05, 0) is 24.6 Å². The van der Waals surface area contributed by atoms with E-state index in [1.807, 2.05) is 0 Å². The summed E-state index contributed by atoms with van der Waals surface area (Å²) >= 11 is 0. The van der Waals surface area contributed by atoms with E-state index in [0.29, 0.717) is 12.8 Å².